The summed E-state index contributed by atoms with van der Waals surface area (Å²) in [6.07, 6.45) is 1.59. The summed E-state index contributed by atoms with van der Waals surface area (Å²) in [4.78, 5) is 12.0. The maximum Gasteiger partial charge on any atom is 0.272 e. The molecule has 20 heavy (non-hydrogen) atoms. The number of aromatic nitrogens is 1. The van der Waals surface area contributed by atoms with E-state index in [1.165, 1.54) is 11.7 Å². The van der Waals surface area contributed by atoms with Crippen molar-refractivity contribution in [3.63, 3.8) is 0 Å². The largest absolute Gasteiger partial charge is 0.495 e. The van der Waals surface area contributed by atoms with E-state index in [0.29, 0.717) is 13.2 Å². The Hall–Kier alpha value is -2.74. The van der Waals surface area contributed by atoms with Crippen LogP contribution in [0.25, 0.3) is 0 Å². The van der Waals surface area contributed by atoms with Crippen LogP contribution in [-0.4, -0.2) is 18.3 Å². The number of methoxy groups -OCH3 is 1. The van der Waals surface area contributed by atoms with Gasteiger partial charge in [0.1, 0.15) is 24.2 Å². The lowest BCUT2D eigenvalue weighted by molar-refractivity contribution is 0.296. The molecular formula is C15H14N2O3. The first-order valence-corrected chi connectivity index (χ1v) is 6.11. The molecule has 2 aromatic rings. The first kappa shape index (κ1) is 13.7. The molecule has 0 fully saturated rings. The molecule has 0 bridgehead atoms. The number of rotatable bonds is 5. The number of benzene rings is 1. The normalized spacial score (nSPS) is 9.80. The van der Waals surface area contributed by atoms with Crippen LogP contribution in [0.4, 0.5) is 0 Å². The summed E-state index contributed by atoms with van der Waals surface area (Å²) in [5, 5.41) is 8.98. The minimum atomic E-state index is -0.372. The second-order valence-electron chi connectivity index (χ2n) is 4.03. The predicted octanol–water partition coefficient (Wildman–Crippen LogP) is 1.81. The summed E-state index contributed by atoms with van der Waals surface area (Å²) in [6.45, 7) is 0.716. The van der Waals surface area contributed by atoms with Crippen molar-refractivity contribution in [1.29, 1.82) is 5.26 Å². The van der Waals surface area contributed by atoms with Crippen LogP contribution in [0, 0.1) is 11.3 Å². The van der Waals surface area contributed by atoms with Crippen LogP contribution < -0.4 is 15.0 Å². The quantitative estimate of drug-likeness (QED) is 0.831. The van der Waals surface area contributed by atoms with Crippen LogP contribution >= 0.6 is 0 Å². The number of para-hydroxylation sites is 1. The molecule has 0 aliphatic carbocycles. The number of nitriles is 1. The highest BCUT2D eigenvalue weighted by Gasteiger charge is 2.09. The third kappa shape index (κ3) is 2.98. The third-order valence-electron chi connectivity index (χ3n) is 2.80. The fraction of sp³-hybridized carbons (Fsp3) is 0.200. The number of ether oxygens (including phenoxy) is 2. The SMILES string of the molecule is COc1ccn(CCOc2ccccc2)c(=O)c1C#N. The molecule has 5 nitrogen and oxygen atoms in total. The zero-order valence-electron chi connectivity index (χ0n) is 11.1. The zero-order chi connectivity index (χ0) is 14.4. The van der Waals surface area contributed by atoms with E-state index in [-0.39, 0.29) is 16.9 Å². The Morgan fingerprint density at radius 2 is 2.00 bits per heavy atom. The van der Waals surface area contributed by atoms with Gasteiger partial charge in [0, 0.05) is 6.20 Å². The maximum absolute atomic E-state index is 12.0. The van der Waals surface area contributed by atoms with Crippen molar-refractivity contribution >= 4 is 0 Å². The Balaban J connectivity index is 2.08. The Morgan fingerprint density at radius 1 is 1.25 bits per heavy atom. The van der Waals surface area contributed by atoms with Crippen LogP contribution in [-0.2, 0) is 6.54 Å². The molecule has 1 aromatic heterocycles. The highest BCUT2D eigenvalue weighted by atomic mass is 16.5. The van der Waals surface area contributed by atoms with Crippen LogP contribution in [0.2, 0.25) is 0 Å². The highest BCUT2D eigenvalue weighted by molar-refractivity contribution is 5.40. The first-order chi connectivity index (χ1) is 9.76. The number of pyridine rings is 1. The Kier molecular flexibility index (Phi) is 4.40. The molecule has 0 aliphatic heterocycles. The summed E-state index contributed by atoms with van der Waals surface area (Å²) >= 11 is 0. The van der Waals surface area contributed by atoms with E-state index in [0.717, 1.165) is 5.75 Å². The average Bonchev–Trinajstić information content (AvgIpc) is 2.49. The lowest BCUT2D eigenvalue weighted by Crippen LogP contribution is -2.25. The van der Waals surface area contributed by atoms with Gasteiger partial charge in [-0.15, -0.1) is 0 Å². The molecule has 0 spiro atoms. The van der Waals surface area contributed by atoms with Gasteiger partial charge in [-0.2, -0.15) is 5.26 Å². The van der Waals surface area contributed by atoms with Crippen molar-refractivity contribution in [2.75, 3.05) is 13.7 Å². The van der Waals surface area contributed by atoms with Gasteiger partial charge in [0.2, 0.25) is 0 Å². The van der Waals surface area contributed by atoms with Gasteiger partial charge in [-0.25, -0.2) is 0 Å². The standard InChI is InChI=1S/C15H14N2O3/c1-19-14-7-8-17(15(18)13(14)11-16)9-10-20-12-5-3-2-4-6-12/h2-8H,9-10H2,1H3. The third-order valence-corrected chi connectivity index (χ3v) is 2.80. The van der Waals surface area contributed by atoms with Crippen molar-refractivity contribution in [2.45, 2.75) is 6.54 Å². The molecule has 0 saturated heterocycles. The molecule has 0 unspecified atom stereocenters. The van der Waals surface area contributed by atoms with Crippen LogP contribution in [0.3, 0.4) is 0 Å². The molecule has 0 aliphatic rings. The van der Waals surface area contributed by atoms with E-state index in [1.54, 1.807) is 12.3 Å². The van der Waals surface area contributed by atoms with Crippen molar-refractivity contribution in [1.82, 2.24) is 4.57 Å². The molecule has 1 aromatic carbocycles. The topological polar surface area (TPSA) is 64.2 Å². The van der Waals surface area contributed by atoms with E-state index in [1.807, 2.05) is 36.4 Å². The van der Waals surface area contributed by atoms with Gasteiger partial charge in [0.05, 0.1) is 13.7 Å². The molecule has 1 heterocycles. The van der Waals surface area contributed by atoms with Gasteiger partial charge in [-0.3, -0.25) is 4.79 Å². The second-order valence-corrected chi connectivity index (χ2v) is 4.03. The van der Waals surface area contributed by atoms with Gasteiger partial charge in [0.25, 0.3) is 5.56 Å². The van der Waals surface area contributed by atoms with Crippen molar-refractivity contribution in [2.24, 2.45) is 0 Å². The fourth-order valence-electron chi connectivity index (χ4n) is 1.79. The van der Waals surface area contributed by atoms with Crippen LogP contribution in [0.1, 0.15) is 5.56 Å². The van der Waals surface area contributed by atoms with Gasteiger partial charge >= 0.3 is 0 Å². The summed E-state index contributed by atoms with van der Waals surface area (Å²) in [6, 6.07) is 12.8. The molecular weight excluding hydrogens is 256 g/mol. The van der Waals surface area contributed by atoms with E-state index in [2.05, 4.69) is 0 Å². The Labute approximate surface area is 116 Å². The van der Waals surface area contributed by atoms with E-state index >= 15 is 0 Å². The zero-order valence-corrected chi connectivity index (χ0v) is 11.1. The maximum atomic E-state index is 12.0. The number of hydrogen-bond acceptors (Lipinski definition) is 4. The molecule has 0 saturated carbocycles. The second kappa shape index (κ2) is 6.43. The number of nitrogens with zero attached hydrogens (tertiary/aromatic N) is 2. The Bertz CT molecular complexity index is 672. The molecule has 0 radical (unpaired) electrons. The monoisotopic (exact) mass is 270 g/mol. The van der Waals surface area contributed by atoms with Crippen LogP contribution in [0.5, 0.6) is 11.5 Å². The summed E-state index contributed by atoms with van der Waals surface area (Å²) in [7, 11) is 1.43. The average molecular weight is 270 g/mol. The lowest BCUT2D eigenvalue weighted by Gasteiger charge is -2.09. The molecule has 5 heteroatoms. The molecule has 0 atom stereocenters. The van der Waals surface area contributed by atoms with Crippen molar-refractivity contribution in [3.05, 3.63) is 58.5 Å². The first-order valence-electron chi connectivity index (χ1n) is 6.11. The summed E-state index contributed by atoms with van der Waals surface area (Å²) in [5.41, 5.74) is -0.363. The van der Waals surface area contributed by atoms with Crippen molar-refractivity contribution < 1.29 is 9.47 Å². The van der Waals surface area contributed by atoms with E-state index in [4.69, 9.17) is 14.7 Å². The summed E-state index contributed by atoms with van der Waals surface area (Å²) < 4.78 is 11.9. The highest BCUT2D eigenvalue weighted by Crippen LogP contribution is 2.12. The van der Waals surface area contributed by atoms with Gasteiger partial charge in [-0.1, -0.05) is 18.2 Å². The minimum Gasteiger partial charge on any atom is -0.495 e. The van der Waals surface area contributed by atoms with Crippen molar-refractivity contribution in [3.8, 4) is 17.6 Å². The van der Waals surface area contributed by atoms with Gasteiger partial charge in [0.15, 0.2) is 5.56 Å². The summed E-state index contributed by atoms with van der Waals surface area (Å²) in [5.74, 6) is 1.03. The molecule has 102 valence electrons. The molecule has 2 rings (SSSR count). The smallest absolute Gasteiger partial charge is 0.272 e. The minimum absolute atomic E-state index is 0.00899. The molecule has 0 N–H and O–H groups in total. The molecule has 0 amide bonds. The van der Waals surface area contributed by atoms with E-state index in [9.17, 15) is 4.79 Å². The predicted molar refractivity (Wildman–Crippen MR) is 73.9 cm³/mol. The van der Waals surface area contributed by atoms with Crippen LogP contribution in [0.15, 0.2) is 47.4 Å². The van der Waals surface area contributed by atoms with Gasteiger partial charge < -0.3 is 14.0 Å². The van der Waals surface area contributed by atoms with Gasteiger partial charge in [-0.05, 0) is 18.2 Å². The van der Waals surface area contributed by atoms with E-state index < -0.39 is 0 Å². The lowest BCUT2D eigenvalue weighted by atomic mass is 10.2. The Morgan fingerprint density at radius 3 is 2.65 bits per heavy atom. The number of hydrogen-bond donors (Lipinski definition) is 0. The fourth-order valence-corrected chi connectivity index (χ4v) is 1.79.